The van der Waals surface area contributed by atoms with Gasteiger partial charge in [-0.05, 0) is 59.5 Å². The molecule has 0 aliphatic rings. The number of esters is 1. The standard InChI is InChI=1S/C30H23FN4O3/c1-3-21(19-9-7-10-20(17-19)37-30-32-15-8-16-33-30)28(22-11-5-6-12-26(22)38-27(36)4-2)23-13-14-25-24(29(23)31)18-34-35-25/h4-18H,2-3H2,1H3,(H,34,35)/b28-21+. The number of aromatic nitrogens is 4. The SMILES string of the molecule is C=CC(=O)Oc1ccccc1/C(=C(/CC)c1cccc(Oc2ncccn2)c1)c1ccc2[nH]ncc2c1F. The fraction of sp³-hybridized carbons (Fsp3) is 0.0667. The van der Waals surface area contributed by atoms with E-state index in [1.165, 1.54) is 6.20 Å². The number of aromatic amines is 1. The lowest BCUT2D eigenvalue weighted by molar-refractivity contribution is -0.128. The van der Waals surface area contributed by atoms with Gasteiger partial charge in [0.25, 0.3) is 0 Å². The molecule has 7 nitrogen and oxygen atoms in total. The number of fused-ring (bicyclic) bond motifs is 1. The van der Waals surface area contributed by atoms with E-state index in [0.29, 0.717) is 39.8 Å². The Morgan fingerprint density at radius 2 is 1.84 bits per heavy atom. The minimum absolute atomic E-state index is 0.213. The molecule has 0 saturated carbocycles. The number of hydrogen-bond acceptors (Lipinski definition) is 6. The zero-order chi connectivity index (χ0) is 26.5. The van der Waals surface area contributed by atoms with E-state index in [2.05, 4.69) is 26.7 Å². The number of H-pyrrole nitrogens is 1. The van der Waals surface area contributed by atoms with Crippen LogP contribution in [0.25, 0.3) is 22.0 Å². The van der Waals surface area contributed by atoms with Gasteiger partial charge in [-0.1, -0.05) is 43.8 Å². The summed E-state index contributed by atoms with van der Waals surface area (Å²) in [6, 6.07) is 19.8. The van der Waals surface area contributed by atoms with Crippen molar-refractivity contribution in [3.8, 4) is 17.5 Å². The molecule has 38 heavy (non-hydrogen) atoms. The Morgan fingerprint density at radius 1 is 1.03 bits per heavy atom. The summed E-state index contributed by atoms with van der Waals surface area (Å²) < 4.78 is 27.4. The van der Waals surface area contributed by atoms with Crippen molar-refractivity contribution in [1.29, 1.82) is 0 Å². The van der Waals surface area contributed by atoms with Gasteiger partial charge in [0, 0.05) is 29.6 Å². The largest absolute Gasteiger partial charge is 0.424 e. The molecule has 0 radical (unpaired) electrons. The van der Waals surface area contributed by atoms with Crippen LogP contribution < -0.4 is 9.47 Å². The molecule has 0 amide bonds. The first-order valence-corrected chi connectivity index (χ1v) is 11.9. The summed E-state index contributed by atoms with van der Waals surface area (Å²) in [4.78, 5) is 20.4. The maximum atomic E-state index is 16.0. The van der Waals surface area contributed by atoms with Gasteiger partial charge >= 0.3 is 12.0 Å². The second-order valence-corrected chi connectivity index (χ2v) is 8.25. The molecule has 188 valence electrons. The van der Waals surface area contributed by atoms with Crippen LogP contribution in [0.1, 0.15) is 30.0 Å². The number of hydrogen-bond donors (Lipinski definition) is 1. The molecule has 0 spiro atoms. The van der Waals surface area contributed by atoms with Crippen molar-refractivity contribution in [3.63, 3.8) is 0 Å². The van der Waals surface area contributed by atoms with Gasteiger partial charge in [0.15, 0.2) is 0 Å². The van der Waals surface area contributed by atoms with Crippen molar-refractivity contribution in [2.45, 2.75) is 13.3 Å². The molecule has 2 aromatic heterocycles. The average Bonchev–Trinajstić information content (AvgIpc) is 3.43. The Kier molecular flexibility index (Phi) is 7.04. The van der Waals surface area contributed by atoms with E-state index in [9.17, 15) is 4.79 Å². The van der Waals surface area contributed by atoms with Crippen molar-refractivity contribution < 1.29 is 18.7 Å². The van der Waals surface area contributed by atoms with E-state index in [1.807, 2.05) is 31.2 Å². The van der Waals surface area contributed by atoms with Gasteiger partial charge < -0.3 is 9.47 Å². The lowest BCUT2D eigenvalue weighted by Crippen LogP contribution is -2.07. The third-order valence-electron chi connectivity index (χ3n) is 5.95. The van der Waals surface area contributed by atoms with Crippen LogP contribution in [0.5, 0.6) is 17.5 Å². The third kappa shape index (κ3) is 4.92. The van der Waals surface area contributed by atoms with Crippen LogP contribution in [0, 0.1) is 5.82 Å². The van der Waals surface area contributed by atoms with Gasteiger partial charge in [0.1, 0.15) is 17.3 Å². The van der Waals surface area contributed by atoms with Crippen molar-refractivity contribution in [1.82, 2.24) is 20.2 Å². The van der Waals surface area contributed by atoms with Crippen LogP contribution in [0.15, 0.2) is 98.0 Å². The number of ether oxygens (including phenoxy) is 2. The molecular weight excluding hydrogens is 483 g/mol. The highest BCUT2D eigenvalue weighted by Gasteiger charge is 2.22. The molecular formula is C30H23FN4O3. The van der Waals surface area contributed by atoms with Gasteiger partial charge in [0.2, 0.25) is 0 Å². The highest BCUT2D eigenvalue weighted by molar-refractivity contribution is 6.02. The summed E-state index contributed by atoms with van der Waals surface area (Å²) in [5, 5.41) is 7.15. The summed E-state index contributed by atoms with van der Waals surface area (Å²) >= 11 is 0. The Morgan fingerprint density at radius 3 is 2.63 bits per heavy atom. The van der Waals surface area contributed by atoms with Crippen LogP contribution in [0.4, 0.5) is 4.39 Å². The Hall–Kier alpha value is -5.11. The summed E-state index contributed by atoms with van der Waals surface area (Å²) in [6.45, 7) is 5.48. The number of halogens is 1. The molecule has 0 aliphatic heterocycles. The third-order valence-corrected chi connectivity index (χ3v) is 5.95. The predicted octanol–water partition coefficient (Wildman–Crippen LogP) is 6.74. The number of carbonyl (C=O) groups excluding carboxylic acids is 1. The second kappa shape index (κ2) is 10.9. The molecule has 1 N–H and O–H groups in total. The smallest absolute Gasteiger partial charge is 0.335 e. The Balaban J connectivity index is 1.75. The van der Waals surface area contributed by atoms with Crippen LogP contribution in [0.3, 0.4) is 0 Å². The van der Waals surface area contributed by atoms with Crippen LogP contribution in [-0.2, 0) is 4.79 Å². The monoisotopic (exact) mass is 506 g/mol. The number of allylic oxidation sites excluding steroid dienone is 1. The van der Waals surface area contributed by atoms with E-state index >= 15 is 4.39 Å². The lowest BCUT2D eigenvalue weighted by atomic mass is 9.87. The molecule has 0 unspecified atom stereocenters. The van der Waals surface area contributed by atoms with E-state index in [0.717, 1.165) is 17.2 Å². The molecule has 0 atom stereocenters. The lowest BCUT2D eigenvalue weighted by Gasteiger charge is -2.19. The number of rotatable bonds is 8. The minimum Gasteiger partial charge on any atom is -0.424 e. The number of nitrogens with zero attached hydrogens (tertiary/aromatic N) is 3. The molecule has 3 aromatic carbocycles. The molecule has 0 bridgehead atoms. The minimum atomic E-state index is -0.612. The van der Waals surface area contributed by atoms with Gasteiger partial charge in [-0.15, -0.1) is 0 Å². The van der Waals surface area contributed by atoms with Gasteiger partial charge in [0.05, 0.1) is 17.1 Å². The highest BCUT2D eigenvalue weighted by Crippen LogP contribution is 2.41. The zero-order valence-electron chi connectivity index (χ0n) is 20.5. The molecule has 8 heteroatoms. The van der Waals surface area contributed by atoms with E-state index < -0.39 is 11.8 Å². The van der Waals surface area contributed by atoms with Crippen molar-refractivity contribution in [2.75, 3.05) is 0 Å². The summed E-state index contributed by atoms with van der Waals surface area (Å²) in [6.07, 6.45) is 6.27. The predicted molar refractivity (Wildman–Crippen MR) is 143 cm³/mol. The highest BCUT2D eigenvalue weighted by atomic mass is 19.1. The van der Waals surface area contributed by atoms with Crippen LogP contribution in [0.2, 0.25) is 0 Å². The van der Waals surface area contributed by atoms with E-state index in [1.54, 1.807) is 54.9 Å². The second-order valence-electron chi connectivity index (χ2n) is 8.25. The zero-order valence-corrected chi connectivity index (χ0v) is 20.5. The number of para-hydroxylation sites is 1. The molecule has 5 rings (SSSR count). The number of carbonyl (C=O) groups is 1. The Labute approximate surface area is 218 Å². The first kappa shape index (κ1) is 24.6. The quantitative estimate of drug-likeness (QED) is 0.108. The summed E-state index contributed by atoms with van der Waals surface area (Å²) in [5.74, 6) is -0.239. The van der Waals surface area contributed by atoms with Gasteiger partial charge in [-0.2, -0.15) is 5.10 Å². The molecule has 0 fully saturated rings. The Bertz CT molecular complexity index is 1660. The van der Waals surface area contributed by atoms with Crippen molar-refractivity contribution >= 4 is 28.0 Å². The fourth-order valence-electron chi connectivity index (χ4n) is 4.27. The summed E-state index contributed by atoms with van der Waals surface area (Å²) in [5.41, 5.74) is 3.66. The first-order valence-electron chi connectivity index (χ1n) is 11.9. The fourth-order valence-corrected chi connectivity index (χ4v) is 4.27. The van der Waals surface area contributed by atoms with E-state index in [4.69, 9.17) is 9.47 Å². The van der Waals surface area contributed by atoms with E-state index in [-0.39, 0.29) is 11.8 Å². The number of benzene rings is 3. The van der Waals surface area contributed by atoms with Gasteiger partial charge in [-0.3, -0.25) is 5.10 Å². The normalized spacial score (nSPS) is 11.6. The van der Waals surface area contributed by atoms with Crippen LogP contribution >= 0.6 is 0 Å². The molecule has 5 aromatic rings. The first-order chi connectivity index (χ1) is 18.6. The molecule has 2 heterocycles. The molecule has 0 saturated heterocycles. The maximum absolute atomic E-state index is 16.0. The average molecular weight is 507 g/mol. The van der Waals surface area contributed by atoms with Crippen molar-refractivity contribution in [3.05, 3.63) is 120 Å². The van der Waals surface area contributed by atoms with Crippen LogP contribution in [-0.4, -0.2) is 26.1 Å². The number of nitrogens with one attached hydrogen (secondary N) is 1. The van der Waals surface area contributed by atoms with Crippen molar-refractivity contribution in [2.24, 2.45) is 0 Å². The van der Waals surface area contributed by atoms with Gasteiger partial charge in [-0.25, -0.2) is 19.2 Å². The topological polar surface area (TPSA) is 90.0 Å². The maximum Gasteiger partial charge on any atom is 0.335 e. The summed E-state index contributed by atoms with van der Waals surface area (Å²) in [7, 11) is 0. The molecule has 0 aliphatic carbocycles.